The number of rotatable bonds is 2. The zero-order chi connectivity index (χ0) is 12.5. The number of hydrogen-bond donors (Lipinski definition) is 1. The van der Waals surface area contributed by atoms with E-state index in [1.54, 1.807) is 0 Å². The quantitative estimate of drug-likeness (QED) is 0.875. The van der Waals surface area contributed by atoms with Crippen LogP contribution in [0.2, 0.25) is 0 Å². The second kappa shape index (κ2) is 4.29. The van der Waals surface area contributed by atoms with Gasteiger partial charge in [0.25, 0.3) is 5.91 Å². The van der Waals surface area contributed by atoms with E-state index in [4.69, 9.17) is 0 Å². The third-order valence-corrected chi connectivity index (χ3v) is 3.36. The minimum atomic E-state index is -0.111. The summed E-state index contributed by atoms with van der Waals surface area (Å²) >= 11 is 0. The molecule has 2 aromatic rings. The Hall–Kier alpha value is -2.10. The molecule has 1 amide bonds. The molecule has 0 spiro atoms. The number of nitrogens with one attached hydrogen (secondary N) is 1. The lowest BCUT2D eigenvalue weighted by molar-refractivity contribution is 0.102. The fourth-order valence-electron chi connectivity index (χ4n) is 2.50. The molecular weight excluding hydrogens is 226 g/mol. The Balaban J connectivity index is 1.88. The van der Waals surface area contributed by atoms with E-state index in [0.29, 0.717) is 5.69 Å². The molecule has 4 heteroatoms. The van der Waals surface area contributed by atoms with E-state index >= 15 is 0 Å². The van der Waals surface area contributed by atoms with Crippen molar-refractivity contribution < 1.29 is 4.79 Å². The minimum absolute atomic E-state index is 0.111. The maximum absolute atomic E-state index is 12.2. The van der Waals surface area contributed by atoms with Gasteiger partial charge in [-0.2, -0.15) is 5.10 Å². The molecule has 0 saturated carbocycles. The second-order valence-corrected chi connectivity index (χ2v) is 4.57. The van der Waals surface area contributed by atoms with Crippen LogP contribution in [0.15, 0.2) is 30.3 Å². The summed E-state index contributed by atoms with van der Waals surface area (Å²) in [4.78, 5) is 12.2. The molecule has 1 aliphatic carbocycles. The van der Waals surface area contributed by atoms with E-state index < -0.39 is 0 Å². The fourth-order valence-corrected chi connectivity index (χ4v) is 2.50. The van der Waals surface area contributed by atoms with E-state index in [0.717, 1.165) is 30.5 Å². The van der Waals surface area contributed by atoms with Crippen molar-refractivity contribution in [3.8, 4) is 0 Å². The number of anilines is 1. The number of hydrogen-bond acceptors (Lipinski definition) is 2. The van der Waals surface area contributed by atoms with Gasteiger partial charge in [0.05, 0.1) is 0 Å². The molecule has 0 aliphatic heterocycles. The smallest absolute Gasteiger partial charge is 0.276 e. The largest absolute Gasteiger partial charge is 0.321 e. The molecule has 0 bridgehead atoms. The number of fused-ring (bicyclic) bond motifs is 1. The molecule has 18 heavy (non-hydrogen) atoms. The van der Waals surface area contributed by atoms with Crippen molar-refractivity contribution in [2.24, 2.45) is 7.05 Å². The highest BCUT2D eigenvalue weighted by Crippen LogP contribution is 2.25. The molecule has 3 rings (SSSR count). The highest BCUT2D eigenvalue weighted by Gasteiger charge is 2.24. The Labute approximate surface area is 106 Å². The van der Waals surface area contributed by atoms with Gasteiger partial charge in [0.1, 0.15) is 0 Å². The molecule has 0 radical (unpaired) electrons. The Morgan fingerprint density at radius 3 is 2.83 bits per heavy atom. The first-order valence-corrected chi connectivity index (χ1v) is 6.17. The monoisotopic (exact) mass is 241 g/mol. The summed E-state index contributed by atoms with van der Waals surface area (Å²) in [7, 11) is 1.91. The lowest BCUT2D eigenvalue weighted by atomic mass is 10.2. The van der Waals surface area contributed by atoms with Gasteiger partial charge in [0.2, 0.25) is 0 Å². The van der Waals surface area contributed by atoms with Crippen LogP contribution in [0.5, 0.6) is 0 Å². The van der Waals surface area contributed by atoms with Gasteiger partial charge in [-0.25, -0.2) is 0 Å². The number of carbonyl (C=O) groups excluding carboxylic acids is 1. The first kappa shape index (κ1) is 11.0. The number of aromatic nitrogens is 2. The number of carbonyl (C=O) groups is 1. The van der Waals surface area contributed by atoms with E-state index in [-0.39, 0.29) is 5.91 Å². The lowest BCUT2D eigenvalue weighted by Gasteiger charge is -2.03. The predicted octanol–water partition coefficient (Wildman–Crippen LogP) is 2.16. The summed E-state index contributed by atoms with van der Waals surface area (Å²) in [5, 5.41) is 7.22. The molecule has 0 atom stereocenters. The Morgan fingerprint density at radius 1 is 1.28 bits per heavy atom. The van der Waals surface area contributed by atoms with Crippen molar-refractivity contribution in [3.05, 3.63) is 47.3 Å². The molecule has 0 saturated heterocycles. The summed E-state index contributed by atoms with van der Waals surface area (Å²) in [5.41, 5.74) is 3.70. The average Bonchev–Trinajstić information content (AvgIpc) is 2.95. The maximum atomic E-state index is 12.2. The van der Waals surface area contributed by atoms with E-state index in [1.165, 1.54) is 5.69 Å². The summed E-state index contributed by atoms with van der Waals surface area (Å²) in [5.74, 6) is -0.111. The van der Waals surface area contributed by atoms with Crippen molar-refractivity contribution in [3.63, 3.8) is 0 Å². The summed E-state index contributed by atoms with van der Waals surface area (Å²) in [6.07, 6.45) is 3.10. The van der Waals surface area contributed by atoms with Crippen molar-refractivity contribution in [1.29, 1.82) is 0 Å². The number of aryl methyl sites for hydroxylation is 1. The highest BCUT2D eigenvalue weighted by atomic mass is 16.2. The maximum Gasteiger partial charge on any atom is 0.276 e. The van der Waals surface area contributed by atoms with Gasteiger partial charge >= 0.3 is 0 Å². The number of nitrogens with zero attached hydrogens (tertiary/aromatic N) is 2. The Kier molecular flexibility index (Phi) is 2.63. The summed E-state index contributed by atoms with van der Waals surface area (Å²) in [6.45, 7) is 0. The Morgan fingerprint density at radius 2 is 2.06 bits per heavy atom. The highest BCUT2D eigenvalue weighted by molar-refractivity contribution is 6.04. The molecule has 0 unspecified atom stereocenters. The van der Waals surface area contributed by atoms with E-state index in [2.05, 4.69) is 10.4 Å². The number of para-hydroxylation sites is 1. The third-order valence-electron chi connectivity index (χ3n) is 3.36. The summed E-state index contributed by atoms with van der Waals surface area (Å²) < 4.78 is 1.84. The Bertz CT molecular complexity index is 587. The van der Waals surface area contributed by atoms with Gasteiger partial charge in [-0.3, -0.25) is 9.48 Å². The van der Waals surface area contributed by atoms with Crippen LogP contribution in [-0.4, -0.2) is 15.7 Å². The van der Waals surface area contributed by atoms with Gasteiger partial charge in [0, 0.05) is 24.0 Å². The SMILES string of the molecule is Cn1nc(C(=O)Nc2ccccc2)c2c1CCC2. The van der Waals surface area contributed by atoms with Gasteiger partial charge < -0.3 is 5.32 Å². The second-order valence-electron chi connectivity index (χ2n) is 4.57. The van der Waals surface area contributed by atoms with Crippen molar-refractivity contribution in [2.45, 2.75) is 19.3 Å². The normalized spacial score (nSPS) is 13.4. The standard InChI is InChI=1S/C14H15N3O/c1-17-12-9-5-8-11(12)13(16-17)14(18)15-10-6-3-2-4-7-10/h2-4,6-7H,5,8-9H2,1H3,(H,15,18). The first-order valence-electron chi connectivity index (χ1n) is 6.17. The fraction of sp³-hybridized carbons (Fsp3) is 0.286. The minimum Gasteiger partial charge on any atom is -0.321 e. The van der Waals surface area contributed by atoms with E-state index in [1.807, 2.05) is 42.1 Å². The third kappa shape index (κ3) is 1.79. The van der Waals surface area contributed by atoms with Crippen LogP contribution in [0.3, 0.4) is 0 Å². The van der Waals surface area contributed by atoms with Crippen LogP contribution in [0.1, 0.15) is 28.2 Å². The lowest BCUT2D eigenvalue weighted by Crippen LogP contribution is -2.14. The van der Waals surface area contributed by atoms with Gasteiger partial charge in [-0.15, -0.1) is 0 Å². The van der Waals surface area contributed by atoms with Crippen molar-refractivity contribution in [1.82, 2.24) is 9.78 Å². The first-order chi connectivity index (χ1) is 8.75. The van der Waals surface area contributed by atoms with Crippen LogP contribution in [-0.2, 0) is 19.9 Å². The molecule has 0 fully saturated rings. The number of amides is 1. The van der Waals surface area contributed by atoms with Crippen LogP contribution in [0.25, 0.3) is 0 Å². The average molecular weight is 241 g/mol. The topological polar surface area (TPSA) is 46.9 Å². The zero-order valence-electron chi connectivity index (χ0n) is 10.3. The molecule has 92 valence electrons. The van der Waals surface area contributed by atoms with Gasteiger partial charge in [-0.05, 0) is 31.4 Å². The molecule has 1 aromatic carbocycles. The van der Waals surface area contributed by atoms with Crippen molar-refractivity contribution in [2.75, 3.05) is 5.32 Å². The molecular formula is C14H15N3O. The predicted molar refractivity (Wildman–Crippen MR) is 69.6 cm³/mol. The van der Waals surface area contributed by atoms with Crippen LogP contribution < -0.4 is 5.32 Å². The molecule has 1 heterocycles. The molecule has 1 aromatic heterocycles. The van der Waals surface area contributed by atoms with Crippen LogP contribution in [0, 0.1) is 0 Å². The number of benzene rings is 1. The van der Waals surface area contributed by atoms with Crippen LogP contribution >= 0.6 is 0 Å². The molecule has 4 nitrogen and oxygen atoms in total. The summed E-state index contributed by atoms with van der Waals surface area (Å²) in [6, 6.07) is 9.48. The van der Waals surface area contributed by atoms with Gasteiger partial charge in [-0.1, -0.05) is 18.2 Å². The van der Waals surface area contributed by atoms with Crippen molar-refractivity contribution >= 4 is 11.6 Å². The van der Waals surface area contributed by atoms with Crippen LogP contribution in [0.4, 0.5) is 5.69 Å². The zero-order valence-corrected chi connectivity index (χ0v) is 10.3. The van der Waals surface area contributed by atoms with Gasteiger partial charge in [0.15, 0.2) is 5.69 Å². The molecule has 1 N–H and O–H groups in total. The van der Waals surface area contributed by atoms with E-state index in [9.17, 15) is 4.79 Å². The molecule has 1 aliphatic rings.